The lowest BCUT2D eigenvalue weighted by Crippen LogP contribution is -2.22. The van der Waals surface area contributed by atoms with Crippen molar-refractivity contribution < 1.29 is 19.0 Å². The Morgan fingerprint density at radius 2 is 1.73 bits per heavy atom. The van der Waals surface area contributed by atoms with E-state index in [0.717, 1.165) is 0 Å². The highest BCUT2D eigenvalue weighted by atomic mass is 16.5. The van der Waals surface area contributed by atoms with Gasteiger partial charge in [-0.15, -0.1) is 0 Å². The van der Waals surface area contributed by atoms with Gasteiger partial charge in [-0.1, -0.05) is 6.07 Å². The lowest BCUT2D eigenvalue weighted by atomic mass is 10.1. The molecule has 136 valence electrons. The number of methoxy groups -OCH3 is 1. The number of nitriles is 1. The number of esters is 1. The Hall–Kier alpha value is -3.20. The molecule has 0 saturated carbocycles. The molecule has 26 heavy (non-hydrogen) atoms. The summed E-state index contributed by atoms with van der Waals surface area (Å²) in [5, 5.41) is 12.0. The smallest absolute Gasteiger partial charge is 0.332 e. The topological polar surface area (TPSA) is 80.6 Å². The highest BCUT2D eigenvalue weighted by Gasteiger charge is 2.23. The number of ether oxygens (including phenoxy) is 3. The largest absolute Gasteiger partial charge is 0.490 e. The van der Waals surface area contributed by atoms with Crippen LogP contribution >= 0.6 is 0 Å². The summed E-state index contributed by atoms with van der Waals surface area (Å²) in [6.07, 6.45) is 0. The Kier molecular flexibility index (Phi) is 6.86. The fourth-order valence-electron chi connectivity index (χ4n) is 2.45. The van der Waals surface area contributed by atoms with Gasteiger partial charge < -0.3 is 19.5 Å². The zero-order chi connectivity index (χ0) is 18.9. The zero-order valence-corrected chi connectivity index (χ0v) is 15.1. The maximum atomic E-state index is 12.3. The first-order chi connectivity index (χ1) is 12.6. The van der Waals surface area contributed by atoms with Crippen molar-refractivity contribution in [1.29, 1.82) is 5.26 Å². The van der Waals surface area contributed by atoms with E-state index in [1.807, 2.05) is 13.8 Å². The van der Waals surface area contributed by atoms with E-state index in [1.165, 1.54) is 7.11 Å². The maximum Gasteiger partial charge on any atom is 0.332 e. The van der Waals surface area contributed by atoms with E-state index in [9.17, 15) is 4.79 Å². The van der Waals surface area contributed by atoms with Gasteiger partial charge in [0.25, 0.3) is 0 Å². The highest BCUT2D eigenvalue weighted by Crippen LogP contribution is 2.32. The SMILES string of the molecule is CCOc1ccc(C(Nc2ccc(C#N)cc2)C(=O)OC)cc1OCC. The number of anilines is 1. The van der Waals surface area contributed by atoms with E-state index in [-0.39, 0.29) is 0 Å². The van der Waals surface area contributed by atoms with E-state index >= 15 is 0 Å². The summed E-state index contributed by atoms with van der Waals surface area (Å²) in [6.45, 7) is 4.78. The number of hydrogen-bond acceptors (Lipinski definition) is 6. The zero-order valence-electron chi connectivity index (χ0n) is 15.1. The minimum absolute atomic E-state index is 0.430. The van der Waals surface area contributed by atoms with Crippen LogP contribution in [0.25, 0.3) is 0 Å². The Morgan fingerprint density at radius 3 is 2.31 bits per heavy atom. The van der Waals surface area contributed by atoms with E-state index in [2.05, 4.69) is 11.4 Å². The van der Waals surface area contributed by atoms with Crippen LogP contribution in [0.3, 0.4) is 0 Å². The van der Waals surface area contributed by atoms with E-state index in [0.29, 0.717) is 41.5 Å². The second kappa shape index (κ2) is 9.33. The monoisotopic (exact) mass is 354 g/mol. The van der Waals surface area contributed by atoms with Gasteiger partial charge in [0.15, 0.2) is 17.5 Å². The van der Waals surface area contributed by atoms with Crippen LogP contribution in [0.1, 0.15) is 31.0 Å². The molecule has 0 aliphatic heterocycles. The molecule has 2 aromatic carbocycles. The lowest BCUT2D eigenvalue weighted by Gasteiger charge is -2.20. The van der Waals surface area contributed by atoms with Crippen LogP contribution < -0.4 is 14.8 Å². The number of rotatable bonds is 8. The van der Waals surface area contributed by atoms with Gasteiger partial charge in [-0.05, 0) is 55.8 Å². The average molecular weight is 354 g/mol. The molecule has 0 heterocycles. The third kappa shape index (κ3) is 4.67. The fourth-order valence-corrected chi connectivity index (χ4v) is 2.45. The first kappa shape index (κ1) is 19.1. The van der Waals surface area contributed by atoms with Crippen LogP contribution in [0.15, 0.2) is 42.5 Å². The van der Waals surface area contributed by atoms with Gasteiger partial charge in [-0.2, -0.15) is 5.26 Å². The molecule has 2 aromatic rings. The molecule has 0 aliphatic carbocycles. The first-order valence-electron chi connectivity index (χ1n) is 8.37. The molecule has 6 nitrogen and oxygen atoms in total. The third-order valence-electron chi connectivity index (χ3n) is 3.66. The Bertz CT molecular complexity index is 781. The molecule has 0 spiro atoms. The summed E-state index contributed by atoms with van der Waals surface area (Å²) in [7, 11) is 1.34. The third-order valence-corrected chi connectivity index (χ3v) is 3.66. The van der Waals surface area contributed by atoms with Crippen molar-refractivity contribution in [3.63, 3.8) is 0 Å². The fraction of sp³-hybridized carbons (Fsp3) is 0.300. The molecule has 1 atom stereocenters. The number of nitrogens with one attached hydrogen (secondary N) is 1. The summed E-state index contributed by atoms with van der Waals surface area (Å²) in [5.74, 6) is 0.767. The van der Waals surface area contributed by atoms with Crippen LogP contribution in [0.4, 0.5) is 5.69 Å². The maximum absolute atomic E-state index is 12.3. The van der Waals surface area contributed by atoms with E-state index in [4.69, 9.17) is 19.5 Å². The molecule has 1 N–H and O–H groups in total. The van der Waals surface area contributed by atoms with Crippen molar-refractivity contribution in [3.05, 3.63) is 53.6 Å². The van der Waals surface area contributed by atoms with Crippen LogP contribution in [-0.2, 0) is 9.53 Å². The molecule has 0 saturated heterocycles. The normalized spacial score (nSPS) is 11.2. The van der Waals surface area contributed by atoms with Gasteiger partial charge in [-0.3, -0.25) is 0 Å². The molecular weight excluding hydrogens is 332 g/mol. The molecule has 0 aliphatic rings. The highest BCUT2D eigenvalue weighted by molar-refractivity contribution is 5.81. The minimum atomic E-state index is -0.720. The predicted molar refractivity (Wildman–Crippen MR) is 98.3 cm³/mol. The molecule has 0 amide bonds. The molecule has 0 radical (unpaired) electrons. The summed E-state index contributed by atoms with van der Waals surface area (Å²) in [6, 6.07) is 13.5. The summed E-state index contributed by atoms with van der Waals surface area (Å²) < 4.78 is 16.1. The van der Waals surface area contributed by atoms with Gasteiger partial charge in [0, 0.05) is 5.69 Å². The number of benzene rings is 2. The summed E-state index contributed by atoms with van der Waals surface area (Å²) in [4.78, 5) is 12.3. The molecule has 0 bridgehead atoms. The molecule has 0 aromatic heterocycles. The second-order valence-electron chi connectivity index (χ2n) is 5.36. The molecule has 6 heteroatoms. The van der Waals surface area contributed by atoms with Crippen LogP contribution in [0.2, 0.25) is 0 Å². The lowest BCUT2D eigenvalue weighted by molar-refractivity contribution is -0.141. The summed E-state index contributed by atoms with van der Waals surface area (Å²) in [5.41, 5.74) is 1.93. The molecule has 2 rings (SSSR count). The average Bonchev–Trinajstić information content (AvgIpc) is 2.68. The summed E-state index contributed by atoms with van der Waals surface area (Å²) >= 11 is 0. The van der Waals surface area contributed by atoms with Gasteiger partial charge in [0.1, 0.15) is 0 Å². The quantitative estimate of drug-likeness (QED) is 0.728. The van der Waals surface area contributed by atoms with Crippen LogP contribution in [0.5, 0.6) is 11.5 Å². The number of carbonyl (C=O) groups is 1. The Balaban J connectivity index is 2.34. The first-order valence-corrected chi connectivity index (χ1v) is 8.37. The standard InChI is InChI=1S/C20H22N2O4/c1-4-25-17-11-8-15(12-18(17)26-5-2)19(20(23)24-3)22-16-9-6-14(13-21)7-10-16/h6-12,19,22H,4-5H2,1-3H3. The van der Waals surface area contributed by atoms with E-state index < -0.39 is 12.0 Å². The predicted octanol–water partition coefficient (Wildman–Crippen LogP) is 3.68. The Morgan fingerprint density at radius 1 is 1.08 bits per heavy atom. The van der Waals surface area contributed by atoms with Gasteiger partial charge in [-0.25, -0.2) is 4.79 Å². The van der Waals surface area contributed by atoms with Crippen molar-refractivity contribution in [2.24, 2.45) is 0 Å². The van der Waals surface area contributed by atoms with Gasteiger partial charge >= 0.3 is 5.97 Å². The molecular formula is C20H22N2O4. The van der Waals surface area contributed by atoms with Crippen LogP contribution in [0, 0.1) is 11.3 Å². The van der Waals surface area contributed by atoms with Crippen molar-refractivity contribution in [2.75, 3.05) is 25.6 Å². The molecule has 1 unspecified atom stereocenters. The number of hydrogen-bond donors (Lipinski definition) is 1. The number of carbonyl (C=O) groups excluding carboxylic acids is 1. The minimum Gasteiger partial charge on any atom is -0.490 e. The molecule has 0 fully saturated rings. The van der Waals surface area contributed by atoms with Gasteiger partial charge in [0.2, 0.25) is 0 Å². The van der Waals surface area contributed by atoms with Crippen molar-refractivity contribution in [3.8, 4) is 17.6 Å². The van der Waals surface area contributed by atoms with Crippen molar-refractivity contribution in [2.45, 2.75) is 19.9 Å². The van der Waals surface area contributed by atoms with Gasteiger partial charge in [0.05, 0.1) is 32.0 Å². The van der Waals surface area contributed by atoms with E-state index in [1.54, 1.807) is 42.5 Å². The Labute approximate surface area is 153 Å². The van der Waals surface area contributed by atoms with Crippen molar-refractivity contribution >= 4 is 11.7 Å². The van der Waals surface area contributed by atoms with Crippen LogP contribution in [-0.4, -0.2) is 26.3 Å². The van der Waals surface area contributed by atoms with Crippen molar-refractivity contribution in [1.82, 2.24) is 0 Å². The second-order valence-corrected chi connectivity index (χ2v) is 5.36. The number of nitrogens with zero attached hydrogens (tertiary/aromatic N) is 1.